The number of nitrogens with zero attached hydrogens (tertiary/aromatic N) is 4. The van der Waals surface area contributed by atoms with Crippen molar-refractivity contribution in [2.24, 2.45) is 0 Å². The normalized spacial score (nSPS) is 10.9. The molecule has 0 amide bonds. The zero-order valence-corrected chi connectivity index (χ0v) is 14.8. The van der Waals surface area contributed by atoms with Gasteiger partial charge in [-0.1, -0.05) is 18.2 Å². The molecule has 0 N–H and O–H groups in total. The summed E-state index contributed by atoms with van der Waals surface area (Å²) in [5.41, 5.74) is 2.90. The Kier molecular flexibility index (Phi) is 4.04. The largest absolute Gasteiger partial charge is 0.465 e. The monoisotopic (exact) mass is 360 g/mol. The van der Waals surface area contributed by atoms with Crippen LogP contribution < -0.4 is 5.56 Å². The molecule has 134 valence electrons. The Bertz CT molecular complexity index is 1160. The van der Waals surface area contributed by atoms with E-state index in [-0.39, 0.29) is 11.1 Å². The average Bonchev–Trinajstić information content (AvgIpc) is 3.04. The molecule has 0 bridgehead atoms. The van der Waals surface area contributed by atoms with Gasteiger partial charge in [-0.2, -0.15) is 9.78 Å². The van der Waals surface area contributed by atoms with Crippen molar-refractivity contribution in [2.75, 3.05) is 7.11 Å². The molecule has 2 aliphatic heterocycles. The molecule has 27 heavy (non-hydrogen) atoms. The molecular formula is C20H16N4O3. The van der Waals surface area contributed by atoms with Crippen LogP contribution in [0.3, 0.4) is 0 Å². The number of aryl methyl sites for hydroxylation is 1. The SMILES string of the molecule is COC(=O)c1cn(-c2ccncc2)cc2c(=O)n(-c3ccccc3C)nc1-2. The Hall–Kier alpha value is -3.74. The minimum atomic E-state index is -0.558. The van der Waals surface area contributed by atoms with E-state index in [1.165, 1.54) is 11.8 Å². The zero-order chi connectivity index (χ0) is 19.0. The number of para-hydroxylation sites is 1. The van der Waals surface area contributed by atoms with Crippen LogP contribution in [-0.2, 0) is 4.74 Å². The molecule has 0 aliphatic carbocycles. The molecule has 1 aromatic heterocycles. The Morgan fingerprint density at radius 2 is 1.81 bits per heavy atom. The van der Waals surface area contributed by atoms with Crippen LogP contribution in [0, 0.1) is 6.92 Å². The Labute approximate surface area is 154 Å². The number of aromatic nitrogens is 4. The van der Waals surface area contributed by atoms with Gasteiger partial charge in [-0.25, -0.2) is 4.79 Å². The molecular weight excluding hydrogens is 344 g/mol. The van der Waals surface area contributed by atoms with Crippen LogP contribution >= 0.6 is 0 Å². The highest BCUT2D eigenvalue weighted by atomic mass is 16.5. The van der Waals surface area contributed by atoms with Gasteiger partial charge in [0.1, 0.15) is 11.3 Å². The minimum Gasteiger partial charge on any atom is -0.465 e. The summed E-state index contributed by atoms with van der Waals surface area (Å²) in [4.78, 5) is 29.4. The number of hydrogen-bond acceptors (Lipinski definition) is 5. The van der Waals surface area contributed by atoms with E-state index in [0.29, 0.717) is 16.9 Å². The first-order valence-corrected chi connectivity index (χ1v) is 8.30. The van der Waals surface area contributed by atoms with E-state index in [9.17, 15) is 9.59 Å². The average molecular weight is 360 g/mol. The second kappa shape index (κ2) is 6.53. The summed E-state index contributed by atoms with van der Waals surface area (Å²) in [5, 5.41) is 4.42. The fourth-order valence-electron chi connectivity index (χ4n) is 3.00. The lowest BCUT2D eigenvalue weighted by molar-refractivity contribution is 0.0600. The summed E-state index contributed by atoms with van der Waals surface area (Å²) in [5.74, 6) is -0.558. The molecule has 7 heteroatoms. The summed E-state index contributed by atoms with van der Waals surface area (Å²) >= 11 is 0. The molecule has 0 saturated heterocycles. The van der Waals surface area contributed by atoms with Crippen molar-refractivity contribution in [3.8, 4) is 22.6 Å². The van der Waals surface area contributed by atoms with Crippen LogP contribution in [0.1, 0.15) is 15.9 Å². The summed E-state index contributed by atoms with van der Waals surface area (Å²) in [6.45, 7) is 1.90. The quantitative estimate of drug-likeness (QED) is 0.525. The number of carbonyl (C=O) groups is 1. The van der Waals surface area contributed by atoms with E-state index in [0.717, 1.165) is 11.3 Å². The van der Waals surface area contributed by atoms with E-state index in [2.05, 4.69) is 10.1 Å². The molecule has 3 heterocycles. The van der Waals surface area contributed by atoms with Crippen molar-refractivity contribution in [1.29, 1.82) is 0 Å². The van der Waals surface area contributed by atoms with Crippen molar-refractivity contribution >= 4 is 5.97 Å². The molecule has 7 nitrogen and oxygen atoms in total. The maximum atomic E-state index is 13.1. The minimum absolute atomic E-state index is 0.219. The van der Waals surface area contributed by atoms with Crippen LogP contribution in [0.2, 0.25) is 0 Å². The van der Waals surface area contributed by atoms with E-state index < -0.39 is 5.97 Å². The first-order chi connectivity index (χ1) is 13.1. The van der Waals surface area contributed by atoms with Crippen LogP contribution in [-0.4, -0.2) is 32.4 Å². The van der Waals surface area contributed by atoms with E-state index in [1.807, 2.05) is 31.2 Å². The van der Waals surface area contributed by atoms with Crippen molar-refractivity contribution in [1.82, 2.24) is 19.3 Å². The number of ether oxygens (including phenoxy) is 1. The summed E-state index contributed by atoms with van der Waals surface area (Å²) in [7, 11) is 1.30. The van der Waals surface area contributed by atoms with E-state index in [1.54, 1.807) is 41.5 Å². The number of fused-ring (bicyclic) bond motifs is 1. The first-order valence-electron chi connectivity index (χ1n) is 8.30. The second-order valence-electron chi connectivity index (χ2n) is 6.04. The van der Waals surface area contributed by atoms with Crippen LogP contribution in [0.5, 0.6) is 0 Å². The highest BCUT2D eigenvalue weighted by Gasteiger charge is 2.25. The smallest absolute Gasteiger partial charge is 0.341 e. The van der Waals surface area contributed by atoms with Gasteiger partial charge < -0.3 is 9.30 Å². The first kappa shape index (κ1) is 16.7. The summed E-state index contributed by atoms with van der Waals surface area (Å²) in [6, 6.07) is 11.0. The Balaban J connectivity index is 2.03. The van der Waals surface area contributed by atoms with Gasteiger partial charge in [-0.15, -0.1) is 0 Å². The summed E-state index contributed by atoms with van der Waals surface area (Å²) in [6.07, 6.45) is 6.55. The van der Waals surface area contributed by atoms with E-state index in [4.69, 9.17) is 4.74 Å². The predicted octanol–water partition coefficient (Wildman–Crippen LogP) is 2.62. The van der Waals surface area contributed by atoms with Gasteiger partial charge in [-0.05, 0) is 30.7 Å². The maximum Gasteiger partial charge on any atom is 0.341 e. The number of methoxy groups -OCH3 is 1. The van der Waals surface area contributed by atoms with Crippen molar-refractivity contribution in [3.63, 3.8) is 0 Å². The molecule has 0 unspecified atom stereocenters. The van der Waals surface area contributed by atoms with Crippen molar-refractivity contribution in [2.45, 2.75) is 6.92 Å². The topological polar surface area (TPSA) is 79.0 Å². The highest BCUT2D eigenvalue weighted by Crippen LogP contribution is 2.25. The van der Waals surface area contributed by atoms with Gasteiger partial charge in [0.2, 0.25) is 0 Å². The van der Waals surface area contributed by atoms with Gasteiger partial charge in [0.05, 0.1) is 18.4 Å². The molecule has 2 aromatic rings. The second-order valence-corrected chi connectivity index (χ2v) is 6.04. The molecule has 4 rings (SSSR count). The van der Waals surface area contributed by atoms with Crippen LogP contribution in [0.4, 0.5) is 0 Å². The van der Waals surface area contributed by atoms with Crippen LogP contribution in [0.25, 0.3) is 22.6 Å². The third-order valence-corrected chi connectivity index (χ3v) is 4.38. The van der Waals surface area contributed by atoms with Gasteiger partial charge in [-0.3, -0.25) is 9.78 Å². The lowest BCUT2D eigenvalue weighted by Crippen LogP contribution is -2.16. The van der Waals surface area contributed by atoms with Crippen molar-refractivity contribution < 1.29 is 9.53 Å². The van der Waals surface area contributed by atoms with Gasteiger partial charge in [0, 0.05) is 30.5 Å². The Morgan fingerprint density at radius 3 is 2.52 bits per heavy atom. The number of rotatable bonds is 3. The Morgan fingerprint density at radius 1 is 1.07 bits per heavy atom. The van der Waals surface area contributed by atoms with Gasteiger partial charge in [0.15, 0.2) is 0 Å². The highest BCUT2D eigenvalue weighted by molar-refractivity contribution is 5.96. The van der Waals surface area contributed by atoms with Crippen molar-refractivity contribution in [3.05, 3.63) is 82.7 Å². The number of carbonyl (C=O) groups excluding carboxylic acids is 1. The number of benzene rings is 1. The number of esters is 1. The maximum absolute atomic E-state index is 13.1. The third kappa shape index (κ3) is 2.79. The van der Waals surface area contributed by atoms with Crippen LogP contribution in [0.15, 0.2) is 66.0 Å². The predicted molar refractivity (Wildman–Crippen MR) is 99.7 cm³/mol. The standard InChI is InChI=1S/C20H16N4O3/c1-13-5-3-4-6-17(13)24-19(25)15-11-23(14-7-9-21-10-8-14)12-16(18(15)22-24)20(26)27-2/h3-12H,1-2H3. The molecule has 0 fully saturated rings. The number of hydrogen-bond donors (Lipinski definition) is 0. The van der Waals surface area contributed by atoms with Gasteiger partial charge in [0.25, 0.3) is 5.56 Å². The molecule has 0 radical (unpaired) electrons. The summed E-state index contributed by atoms with van der Waals surface area (Å²) < 4.78 is 7.92. The molecule has 0 spiro atoms. The zero-order valence-electron chi connectivity index (χ0n) is 14.8. The fourth-order valence-corrected chi connectivity index (χ4v) is 3.00. The molecule has 1 aromatic carbocycles. The lowest BCUT2D eigenvalue weighted by Gasteiger charge is -2.11. The van der Waals surface area contributed by atoms with E-state index >= 15 is 0 Å². The lowest BCUT2D eigenvalue weighted by atomic mass is 10.1. The third-order valence-electron chi connectivity index (χ3n) is 4.38. The molecule has 2 aliphatic rings. The molecule has 0 saturated carbocycles. The number of pyridine rings is 2. The molecule has 0 atom stereocenters. The fraction of sp³-hybridized carbons (Fsp3) is 0.100. The van der Waals surface area contributed by atoms with Gasteiger partial charge >= 0.3 is 5.97 Å².